The third kappa shape index (κ3) is 3.49. The van der Waals surface area contributed by atoms with Gasteiger partial charge in [0.25, 0.3) is 5.91 Å². The molecule has 4 nitrogen and oxygen atoms in total. The third-order valence-corrected chi connectivity index (χ3v) is 4.44. The summed E-state index contributed by atoms with van der Waals surface area (Å²) in [5.74, 6) is -0.493. The quantitative estimate of drug-likeness (QED) is 0.747. The number of hydrogen-bond acceptors (Lipinski definition) is 4. The lowest BCUT2D eigenvalue weighted by Gasteiger charge is -2.09. The number of hydrogen-bond donors (Lipinski definition) is 1. The second-order valence-electron chi connectivity index (χ2n) is 4.88. The normalized spacial score (nSPS) is 11.7. The Morgan fingerprint density at radius 2 is 2.08 bits per heavy atom. The van der Waals surface area contributed by atoms with Crippen LogP contribution in [0, 0.1) is 0 Å². The Bertz CT molecular complexity index is 910. The smallest absolute Gasteiger partial charge is 0.347 e. The zero-order valence-electron chi connectivity index (χ0n) is 11.9. The molecule has 0 atom stereocenters. The first-order valence-electron chi connectivity index (χ1n) is 6.68. The first kappa shape index (κ1) is 16.7. The lowest BCUT2D eigenvalue weighted by Crippen LogP contribution is -2.24. The Morgan fingerprint density at radius 3 is 2.83 bits per heavy atom. The molecule has 0 aromatic carbocycles. The van der Waals surface area contributed by atoms with E-state index in [-0.39, 0.29) is 17.8 Å². The van der Waals surface area contributed by atoms with Crippen LogP contribution in [0.15, 0.2) is 36.8 Å². The number of amides is 1. The van der Waals surface area contributed by atoms with Crippen molar-refractivity contribution < 1.29 is 18.0 Å². The molecule has 3 aromatic rings. The van der Waals surface area contributed by atoms with Crippen LogP contribution in [0.5, 0.6) is 0 Å². The van der Waals surface area contributed by atoms with Crippen LogP contribution >= 0.6 is 22.9 Å². The number of nitrogens with one attached hydrogen (secondary N) is 1. The van der Waals surface area contributed by atoms with Crippen molar-refractivity contribution in [3.8, 4) is 0 Å². The van der Waals surface area contributed by atoms with Crippen LogP contribution in [-0.2, 0) is 12.7 Å². The number of pyridine rings is 2. The van der Waals surface area contributed by atoms with Crippen molar-refractivity contribution in [2.45, 2.75) is 12.7 Å². The van der Waals surface area contributed by atoms with E-state index < -0.39 is 17.6 Å². The van der Waals surface area contributed by atoms with Crippen molar-refractivity contribution in [1.82, 2.24) is 15.3 Å². The molecule has 1 amide bonds. The Hall–Kier alpha value is -2.19. The second-order valence-corrected chi connectivity index (χ2v) is 6.60. The van der Waals surface area contributed by atoms with E-state index in [0.717, 1.165) is 17.0 Å². The number of aromatic nitrogens is 2. The topological polar surface area (TPSA) is 54.9 Å². The molecule has 3 aromatic heterocycles. The standard InChI is InChI=1S/C15H9ClF3N3OS/c16-12-4-10-11(24-12)1-2-21-13(10)14(23)22-6-8-3-9(7-20-5-8)15(17,18)19/h1-5,7H,6H2,(H,22,23). The molecule has 3 rings (SSSR count). The minimum absolute atomic E-state index is 0.0916. The number of nitrogens with zero attached hydrogens (tertiary/aromatic N) is 2. The lowest BCUT2D eigenvalue weighted by molar-refractivity contribution is -0.137. The van der Waals surface area contributed by atoms with Crippen LogP contribution in [0.4, 0.5) is 13.2 Å². The second kappa shape index (κ2) is 6.37. The molecule has 0 unspecified atom stereocenters. The van der Waals surface area contributed by atoms with Crippen molar-refractivity contribution in [2.75, 3.05) is 0 Å². The van der Waals surface area contributed by atoms with Gasteiger partial charge in [0.15, 0.2) is 0 Å². The highest BCUT2D eigenvalue weighted by Crippen LogP contribution is 2.31. The van der Waals surface area contributed by atoms with Gasteiger partial charge in [-0.25, -0.2) is 0 Å². The molecule has 0 spiro atoms. The molecular weight excluding hydrogens is 363 g/mol. The summed E-state index contributed by atoms with van der Waals surface area (Å²) in [5, 5.41) is 3.15. The SMILES string of the molecule is O=C(NCc1cncc(C(F)(F)F)c1)c1nccc2sc(Cl)cc12. The molecule has 0 bridgehead atoms. The summed E-state index contributed by atoms with van der Waals surface area (Å²) in [6, 6.07) is 4.32. The van der Waals surface area contributed by atoms with Gasteiger partial charge in [-0.05, 0) is 23.8 Å². The summed E-state index contributed by atoms with van der Waals surface area (Å²) in [4.78, 5) is 19.9. The van der Waals surface area contributed by atoms with E-state index in [0.29, 0.717) is 9.72 Å². The minimum atomic E-state index is -4.48. The third-order valence-electron chi connectivity index (χ3n) is 3.21. The largest absolute Gasteiger partial charge is 0.417 e. The van der Waals surface area contributed by atoms with Gasteiger partial charge >= 0.3 is 6.18 Å². The average molecular weight is 372 g/mol. The Balaban J connectivity index is 1.78. The van der Waals surface area contributed by atoms with E-state index >= 15 is 0 Å². The van der Waals surface area contributed by atoms with Gasteiger partial charge in [0, 0.05) is 35.2 Å². The van der Waals surface area contributed by atoms with Gasteiger partial charge in [-0.15, -0.1) is 11.3 Å². The first-order valence-corrected chi connectivity index (χ1v) is 7.87. The highest BCUT2D eigenvalue weighted by Gasteiger charge is 2.31. The average Bonchev–Trinajstić information content (AvgIpc) is 2.92. The van der Waals surface area contributed by atoms with Gasteiger partial charge < -0.3 is 5.32 Å². The minimum Gasteiger partial charge on any atom is -0.347 e. The molecule has 9 heteroatoms. The summed E-state index contributed by atoms with van der Waals surface area (Å²) in [7, 11) is 0. The first-order chi connectivity index (χ1) is 11.3. The Labute approximate surface area is 143 Å². The molecule has 24 heavy (non-hydrogen) atoms. The number of fused-ring (bicyclic) bond motifs is 1. The van der Waals surface area contributed by atoms with E-state index in [9.17, 15) is 18.0 Å². The maximum absolute atomic E-state index is 12.7. The van der Waals surface area contributed by atoms with Crippen molar-refractivity contribution in [2.24, 2.45) is 0 Å². The fraction of sp³-hybridized carbons (Fsp3) is 0.133. The number of halogens is 4. The predicted octanol–water partition coefficient (Wildman–Crippen LogP) is 4.29. The fourth-order valence-electron chi connectivity index (χ4n) is 2.12. The highest BCUT2D eigenvalue weighted by atomic mass is 35.5. The molecule has 0 saturated carbocycles. The van der Waals surface area contributed by atoms with E-state index in [1.165, 1.54) is 23.7 Å². The fourth-order valence-corrected chi connectivity index (χ4v) is 3.26. The van der Waals surface area contributed by atoms with E-state index in [4.69, 9.17) is 11.6 Å². The van der Waals surface area contributed by atoms with Crippen LogP contribution < -0.4 is 5.32 Å². The summed E-state index contributed by atoms with van der Waals surface area (Å²) >= 11 is 7.25. The zero-order valence-corrected chi connectivity index (χ0v) is 13.5. The molecule has 0 saturated heterocycles. The molecule has 0 radical (unpaired) electrons. The van der Waals surface area contributed by atoms with Crippen LogP contribution in [0.3, 0.4) is 0 Å². The van der Waals surface area contributed by atoms with Crippen LogP contribution in [0.25, 0.3) is 10.1 Å². The van der Waals surface area contributed by atoms with Gasteiger partial charge in [-0.3, -0.25) is 14.8 Å². The maximum atomic E-state index is 12.7. The van der Waals surface area contributed by atoms with Gasteiger partial charge in [0.05, 0.1) is 9.90 Å². The van der Waals surface area contributed by atoms with Crippen molar-refractivity contribution in [3.63, 3.8) is 0 Å². The molecule has 0 aliphatic carbocycles. The van der Waals surface area contributed by atoms with E-state index in [1.807, 2.05) is 0 Å². The van der Waals surface area contributed by atoms with Crippen LogP contribution in [0.2, 0.25) is 4.34 Å². The molecule has 0 aliphatic heterocycles. The molecule has 1 N–H and O–H groups in total. The Morgan fingerprint density at radius 1 is 1.29 bits per heavy atom. The van der Waals surface area contributed by atoms with Crippen LogP contribution in [0.1, 0.15) is 21.6 Å². The summed E-state index contributed by atoms with van der Waals surface area (Å²) in [5.41, 5.74) is -0.441. The molecule has 124 valence electrons. The van der Waals surface area contributed by atoms with E-state index in [1.54, 1.807) is 12.1 Å². The summed E-state index contributed by atoms with van der Waals surface area (Å²) in [6.45, 7) is -0.0916. The molecular formula is C15H9ClF3N3OS. The van der Waals surface area contributed by atoms with Gasteiger partial charge in [0.1, 0.15) is 5.69 Å². The van der Waals surface area contributed by atoms with Gasteiger partial charge in [-0.1, -0.05) is 11.6 Å². The maximum Gasteiger partial charge on any atom is 0.417 e. The van der Waals surface area contributed by atoms with E-state index in [2.05, 4.69) is 15.3 Å². The lowest BCUT2D eigenvalue weighted by atomic mass is 10.2. The summed E-state index contributed by atoms with van der Waals surface area (Å²) < 4.78 is 39.3. The monoisotopic (exact) mass is 371 g/mol. The van der Waals surface area contributed by atoms with Gasteiger partial charge in [-0.2, -0.15) is 13.2 Å². The number of carbonyl (C=O) groups excluding carboxylic acids is 1. The van der Waals surface area contributed by atoms with Crippen molar-refractivity contribution in [1.29, 1.82) is 0 Å². The number of carbonyl (C=O) groups is 1. The Kier molecular flexibility index (Phi) is 4.42. The van der Waals surface area contributed by atoms with Crippen LogP contribution in [-0.4, -0.2) is 15.9 Å². The van der Waals surface area contributed by atoms with Gasteiger partial charge in [0.2, 0.25) is 0 Å². The predicted molar refractivity (Wildman–Crippen MR) is 85.0 cm³/mol. The highest BCUT2D eigenvalue weighted by molar-refractivity contribution is 7.22. The van der Waals surface area contributed by atoms with Crippen molar-refractivity contribution >= 4 is 38.9 Å². The van der Waals surface area contributed by atoms with Crippen molar-refractivity contribution in [3.05, 3.63) is 57.9 Å². The molecule has 0 fully saturated rings. The number of thiophene rings is 1. The number of alkyl halides is 3. The molecule has 0 aliphatic rings. The molecule has 3 heterocycles. The number of rotatable bonds is 3. The summed E-state index contributed by atoms with van der Waals surface area (Å²) in [6.07, 6.45) is -0.991. The zero-order chi connectivity index (χ0) is 17.3.